The smallest absolute Gasteiger partial charge is 0 e. The fourth-order valence-corrected chi connectivity index (χ4v) is 0. The Hall–Kier alpha value is 2.73. The number of halogens is 2. The normalized spacial score (nSPS) is 4.00. The Balaban J connectivity index is -0.0000000144. The first-order valence-electron chi connectivity index (χ1n) is 2.96. The first-order chi connectivity index (χ1) is 4.83. The van der Waals surface area contributed by atoms with Crippen molar-refractivity contribution >= 4 is 40.0 Å². The van der Waals surface area contributed by atoms with Crippen molar-refractivity contribution in [3.8, 4) is 0 Å². The average Bonchev–Trinajstić information content (AvgIpc) is 1.99. The molecule has 0 fully saturated rings. The molecule has 0 N–H and O–H groups in total. The Labute approximate surface area is 117 Å². The molecule has 73 valence electrons. The van der Waals surface area contributed by atoms with E-state index in [1.54, 1.807) is 13.8 Å². The largest absolute Gasteiger partial charge is 0 e. The predicted octanol–water partition coefficient (Wildman–Crippen LogP) is 4.68. The molecule has 0 rings (SSSR count). The Morgan fingerprint density at radius 2 is 1.09 bits per heavy atom. The maximum absolute atomic E-state index is 3.49. The van der Waals surface area contributed by atoms with Crippen LogP contribution < -0.4 is 0 Å². The molecule has 0 amide bonds. The Morgan fingerprint density at radius 3 is 1.09 bits per heavy atom. The van der Waals surface area contributed by atoms with Crippen LogP contribution in [0.4, 0.5) is 0 Å². The molecule has 0 aromatic carbocycles. The molecule has 4 heteroatoms. The van der Waals surface area contributed by atoms with Crippen molar-refractivity contribution in [3.05, 3.63) is 20.8 Å². The van der Waals surface area contributed by atoms with Gasteiger partial charge in [-0.1, -0.05) is 6.92 Å². The van der Waals surface area contributed by atoms with Gasteiger partial charge in [-0.05, 0) is 0 Å². The minimum Gasteiger partial charge on any atom is 0 e. The number of hydrogen-bond acceptors (Lipinski definition) is 0. The summed E-state index contributed by atoms with van der Waals surface area (Å²) in [6.45, 7) is 15.5. The summed E-state index contributed by atoms with van der Waals surface area (Å²) in [7, 11) is 0.628. The summed E-state index contributed by atoms with van der Waals surface area (Å²) in [5.74, 6) is 0. The second-order valence-electron chi connectivity index (χ2n) is 0.564. The van der Waals surface area contributed by atoms with Gasteiger partial charge in [0.1, 0.15) is 0 Å². The SMILES string of the molecule is [CH2-]C.[CH2-]C.[CH2-]CC.[I][V][I].[W]. The summed E-state index contributed by atoms with van der Waals surface area (Å²) < 4.78 is 0. The van der Waals surface area contributed by atoms with Gasteiger partial charge >= 0.3 is 49.4 Å². The van der Waals surface area contributed by atoms with Gasteiger partial charge in [-0.15, -0.1) is 0 Å². The Kier molecular flexibility index (Phi) is 208. The van der Waals surface area contributed by atoms with Gasteiger partial charge in [-0.25, -0.2) is 0 Å². The molecule has 0 aliphatic carbocycles. The molecular formula is C7H17I2VW-3. The first-order valence-corrected chi connectivity index (χ1v) is 12.0. The van der Waals surface area contributed by atoms with Gasteiger partial charge < -0.3 is 20.8 Å². The summed E-state index contributed by atoms with van der Waals surface area (Å²) in [5.41, 5.74) is 0. The summed E-state index contributed by atoms with van der Waals surface area (Å²) in [5, 5.41) is 0. The summed E-state index contributed by atoms with van der Waals surface area (Å²) in [6.07, 6.45) is 1.00. The topological polar surface area (TPSA) is 0 Å². The molecule has 0 unspecified atom stereocenters. The average molecular weight is 590 g/mol. The van der Waals surface area contributed by atoms with Gasteiger partial charge in [0.05, 0.1) is 0 Å². The maximum Gasteiger partial charge on any atom is 0 e. The minimum atomic E-state index is 0. The van der Waals surface area contributed by atoms with E-state index in [1.807, 2.05) is 6.92 Å². The van der Waals surface area contributed by atoms with Crippen LogP contribution in [-0.2, 0) is 30.5 Å². The Bertz CT molecular complexity index is 18.4. The molecule has 0 atom stereocenters. The molecule has 0 spiro atoms. The van der Waals surface area contributed by atoms with Gasteiger partial charge in [0.25, 0.3) is 0 Å². The molecular weight excluding hydrogens is 573 g/mol. The molecule has 0 aliphatic rings. The fraction of sp³-hybridized carbons (Fsp3) is 0.571. The van der Waals surface area contributed by atoms with Crippen LogP contribution >= 0.6 is 40.0 Å². The predicted molar refractivity (Wildman–Crippen MR) is 65.8 cm³/mol. The van der Waals surface area contributed by atoms with Crippen LogP contribution in [0.5, 0.6) is 0 Å². The van der Waals surface area contributed by atoms with E-state index in [1.165, 1.54) is 0 Å². The van der Waals surface area contributed by atoms with Gasteiger partial charge in [-0.2, -0.15) is 20.3 Å². The van der Waals surface area contributed by atoms with Crippen molar-refractivity contribution in [1.82, 2.24) is 0 Å². The summed E-state index contributed by atoms with van der Waals surface area (Å²) in [6, 6.07) is 0. The molecule has 0 heterocycles. The molecule has 0 saturated carbocycles. The zero-order valence-corrected chi connectivity index (χ0v) is 16.1. The standard InChI is InChI=1S/C3H7.2C2H5.2HI.V.W/c1-3-2;2*1-2;;;;/h1,3H2,2H3;2*1H2,2H3;2*1H;;/q3*-1;;;+2;/p-2. The van der Waals surface area contributed by atoms with Crippen molar-refractivity contribution in [1.29, 1.82) is 0 Å². The van der Waals surface area contributed by atoms with Crippen LogP contribution in [0, 0.1) is 20.8 Å². The van der Waals surface area contributed by atoms with E-state index in [0.29, 0.717) is 9.47 Å². The van der Waals surface area contributed by atoms with Crippen LogP contribution in [0.15, 0.2) is 0 Å². The summed E-state index contributed by atoms with van der Waals surface area (Å²) in [4.78, 5) is 0. The van der Waals surface area contributed by atoms with Gasteiger partial charge in [0.15, 0.2) is 0 Å². The van der Waals surface area contributed by atoms with Gasteiger partial charge in [-0.3, -0.25) is 0 Å². The van der Waals surface area contributed by atoms with Crippen molar-refractivity contribution in [3.63, 3.8) is 0 Å². The molecule has 11 heavy (non-hydrogen) atoms. The van der Waals surface area contributed by atoms with E-state index in [4.69, 9.17) is 0 Å². The van der Waals surface area contributed by atoms with Crippen molar-refractivity contribution in [2.75, 3.05) is 0 Å². The van der Waals surface area contributed by atoms with E-state index < -0.39 is 0 Å². The Morgan fingerprint density at radius 1 is 1.09 bits per heavy atom. The third kappa shape index (κ3) is 196. The third-order valence-electron chi connectivity index (χ3n) is 0. The van der Waals surface area contributed by atoms with E-state index in [2.05, 4.69) is 60.7 Å². The molecule has 0 radical (unpaired) electrons. The van der Waals surface area contributed by atoms with E-state index in [9.17, 15) is 0 Å². The number of rotatable bonds is 0. The van der Waals surface area contributed by atoms with Crippen LogP contribution in [0.1, 0.15) is 27.2 Å². The minimum absolute atomic E-state index is 0. The zero-order chi connectivity index (χ0) is 9.41. The van der Waals surface area contributed by atoms with Crippen molar-refractivity contribution in [2.24, 2.45) is 0 Å². The fourth-order valence-electron chi connectivity index (χ4n) is 0. The zero-order valence-electron chi connectivity index (χ0n) is 7.44. The molecule has 0 aliphatic heterocycles. The van der Waals surface area contributed by atoms with Gasteiger partial charge in [0, 0.05) is 21.1 Å². The van der Waals surface area contributed by atoms with Crippen LogP contribution in [-0.4, -0.2) is 0 Å². The second kappa shape index (κ2) is 78.3. The van der Waals surface area contributed by atoms with E-state index in [0.717, 1.165) is 6.42 Å². The van der Waals surface area contributed by atoms with Crippen LogP contribution in [0.25, 0.3) is 0 Å². The van der Waals surface area contributed by atoms with E-state index >= 15 is 0 Å². The molecule has 0 nitrogen and oxygen atoms in total. The van der Waals surface area contributed by atoms with Crippen molar-refractivity contribution < 1.29 is 30.5 Å². The molecule has 0 aromatic rings. The third-order valence-corrected chi connectivity index (χ3v) is 0. The first kappa shape index (κ1) is 29.2. The molecule has 0 aromatic heterocycles. The quantitative estimate of drug-likeness (QED) is 0.285. The second-order valence-corrected chi connectivity index (χ2v) is 12.4. The van der Waals surface area contributed by atoms with E-state index in [-0.39, 0.29) is 21.1 Å². The van der Waals surface area contributed by atoms with Crippen LogP contribution in [0.3, 0.4) is 0 Å². The van der Waals surface area contributed by atoms with Gasteiger partial charge in [0.2, 0.25) is 0 Å². The summed E-state index contributed by atoms with van der Waals surface area (Å²) >= 11 is 4.74. The number of hydrogen-bond donors (Lipinski definition) is 0. The maximum atomic E-state index is 3.49. The molecule has 0 bridgehead atoms. The van der Waals surface area contributed by atoms with Crippen LogP contribution in [0.2, 0.25) is 0 Å². The molecule has 0 saturated heterocycles. The monoisotopic (exact) mass is 590 g/mol. The van der Waals surface area contributed by atoms with Crippen molar-refractivity contribution in [2.45, 2.75) is 27.2 Å².